The lowest BCUT2D eigenvalue weighted by Crippen LogP contribution is -2.33. The molecule has 0 spiro atoms. The number of nitrogens with zero attached hydrogens (tertiary/aromatic N) is 2. The Kier molecular flexibility index (Phi) is 4.21. The maximum atomic E-state index is 12.5. The zero-order chi connectivity index (χ0) is 19.0. The molecule has 2 aromatic carbocycles. The van der Waals surface area contributed by atoms with E-state index in [1.807, 2.05) is 12.1 Å². The Bertz CT molecular complexity index is 1290. The van der Waals surface area contributed by atoms with Crippen molar-refractivity contribution in [1.82, 2.24) is 14.5 Å². The predicted molar refractivity (Wildman–Crippen MR) is 104 cm³/mol. The zero-order valence-electron chi connectivity index (χ0n) is 14.2. The van der Waals surface area contributed by atoms with Gasteiger partial charge in [-0.2, -0.15) is 0 Å². The molecule has 2 N–H and O–H groups in total. The minimum absolute atomic E-state index is 0.247. The number of anilines is 1. The Labute approximate surface area is 156 Å². The largest absolute Gasteiger partial charge is 0.494 e. The van der Waals surface area contributed by atoms with Gasteiger partial charge in [0.15, 0.2) is 5.13 Å². The third-order valence-electron chi connectivity index (χ3n) is 4.06. The molecule has 0 saturated heterocycles. The number of H-pyrrole nitrogens is 1. The third kappa shape index (κ3) is 3.08. The van der Waals surface area contributed by atoms with Gasteiger partial charge < -0.3 is 10.1 Å². The lowest BCUT2D eigenvalue weighted by Gasteiger charge is -2.08. The number of amides is 1. The standard InChI is InChI=1S/C18H14N4O4S/c1-26-12-7-4-8-13-15(12)20-17(27-13)19-14(23)9-22-11-6-3-2-5-10(11)16(24)21-18(22)25/h2-8H,9H2,1H3,(H,19,20,23)(H,21,24,25). The van der Waals surface area contributed by atoms with Crippen LogP contribution in [-0.4, -0.2) is 27.6 Å². The van der Waals surface area contributed by atoms with E-state index in [9.17, 15) is 14.4 Å². The van der Waals surface area contributed by atoms with Crippen LogP contribution >= 0.6 is 11.3 Å². The molecule has 0 aliphatic rings. The molecule has 0 radical (unpaired) electrons. The molecule has 0 unspecified atom stereocenters. The number of fused-ring (bicyclic) bond motifs is 2. The lowest BCUT2D eigenvalue weighted by molar-refractivity contribution is -0.116. The first-order valence-corrected chi connectivity index (χ1v) is 8.84. The number of thiazole rings is 1. The van der Waals surface area contributed by atoms with Gasteiger partial charge in [0.2, 0.25) is 5.91 Å². The van der Waals surface area contributed by atoms with Crippen LogP contribution in [0.25, 0.3) is 21.1 Å². The quantitative estimate of drug-likeness (QED) is 0.561. The fraction of sp³-hybridized carbons (Fsp3) is 0.111. The summed E-state index contributed by atoms with van der Waals surface area (Å²) in [6, 6.07) is 12.1. The number of aromatic amines is 1. The molecule has 0 fully saturated rings. The molecule has 8 nitrogen and oxygen atoms in total. The van der Waals surface area contributed by atoms with Crippen LogP contribution in [0.3, 0.4) is 0 Å². The van der Waals surface area contributed by atoms with Crippen LogP contribution in [0.2, 0.25) is 0 Å². The first kappa shape index (κ1) is 17.0. The van der Waals surface area contributed by atoms with Gasteiger partial charge in [0.05, 0.1) is 22.7 Å². The van der Waals surface area contributed by atoms with E-state index in [1.165, 1.54) is 15.9 Å². The van der Waals surface area contributed by atoms with Crippen LogP contribution in [0.5, 0.6) is 5.75 Å². The molecule has 1 amide bonds. The molecule has 4 rings (SSSR count). The van der Waals surface area contributed by atoms with Crippen LogP contribution in [-0.2, 0) is 11.3 Å². The molecule has 0 aliphatic heterocycles. The van der Waals surface area contributed by atoms with Crippen molar-refractivity contribution in [2.75, 3.05) is 12.4 Å². The van der Waals surface area contributed by atoms with Gasteiger partial charge in [0.25, 0.3) is 5.56 Å². The Morgan fingerprint density at radius 3 is 2.85 bits per heavy atom. The number of rotatable bonds is 4. The highest BCUT2D eigenvalue weighted by molar-refractivity contribution is 7.22. The second-order valence-corrected chi connectivity index (χ2v) is 6.77. The Balaban J connectivity index is 1.65. The number of methoxy groups -OCH3 is 1. The smallest absolute Gasteiger partial charge is 0.329 e. The molecule has 2 heterocycles. The van der Waals surface area contributed by atoms with Crippen LogP contribution in [0.4, 0.5) is 5.13 Å². The number of para-hydroxylation sites is 2. The molecule has 136 valence electrons. The fourth-order valence-corrected chi connectivity index (χ4v) is 3.74. The lowest BCUT2D eigenvalue weighted by atomic mass is 10.2. The molecule has 4 aromatic rings. The molecule has 0 bridgehead atoms. The van der Waals surface area contributed by atoms with E-state index in [4.69, 9.17) is 4.74 Å². The maximum Gasteiger partial charge on any atom is 0.329 e. The van der Waals surface area contributed by atoms with Crippen LogP contribution in [0, 0.1) is 0 Å². The first-order chi connectivity index (χ1) is 13.1. The summed E-state index contributed by atoms with van der Waals surface area (Å²) in [4.78, 5) is 43.1. The number of carbonyl (C=O) groups excluding carboxylic acids is 1. The zero-order valence-corrected chi connectivity index (χ0v) is 15.0. The third-order valence-corrected chi connectivity index (χ3v) is 4.99. The predicted octanol–water partition coefficient (Wildman–Crippen LogP) is 1.95. The van der Waals surface area contributed by atoms with Gasteiger partial charge >= 0.3 is 5.69 Å². The van der Waals surface area contributed by atoms with E-state index in [2.05, 4.69) is 15.3 Å². The monoisotopic (exact) mass is 382 g/mol. The summed E-state index contributed by atoms with van der Waals surface area (Å²) in [6.45, 7) is -0.247. The molecule has 2 aromatic heterocycles. The van der Waals surface area contributed by atoms with E-state index in [1.54, 1.807) is 37.4 Å². The number of aromatic nitrogens is 3. The Morgan fingerprint density at radius 1 is 1.22 bits per heavy atom. The van der Waals surface area contributed by atoms with Crippen molar-refractivity contribution >= 4 is 43.5 Å². The minimum atomic E-state index is -0.639. The molecule has 0 atom stereocenters. The van der Waals surface area contributed by atoms with Crippen molar-refractivity contribution in [3.05, 3.63) is 63.3 Å². The molecule has 0 saturated carbocycles. The second kappa shape index (κ2) is 6.69. The summed E-state index contributed by atoms with van der Waals surface area (Å²) in [5.74, 6) is 0.194. The number of nitrogens with one attached hydrogen (secondary N) is 2. The van der Waals surface area contributed by atoms with Crippen molar-refractivity contribution in [2.24, 2.45) is 0 Å². The summed E-state index contributed by atoms with van der Waals surface area (Å²) in [7, 11) is 1.56. The van der Waals surface area contributed by atoms with Crippen LogP contribution in [0.1, 0.15) is 0 Å². The van der Waals surface area contributed by atoms with E-state index < -0.39 is 17.2 Å². The fourth-order valence-electron chi connectivity index (χ4n) is 2.84. The van der Waals surface area contributed by atoms with Crippen molar-refractivity contribution < 1.29 is 9.53 Å². The summed E-state index contributed by atoms with van der Waals surface area (Å²) in [6.07, 6.45) is 0. The summed E-state index contributed by atoms with van der Waals surface area (Å²) in [5.41, 5.74) is -0.0651. The van der Waals surface area contributed by atoms with Gasteiger partial charge in [-0.3, -0.25) is 19.1 Å². The average molecular weight is 382 g/mol. The van der Waals surface area contributed by atoms with Crippen molar-refractivity contribution in [2.45, 2.75) is 6.54 Å². The molecule has 27 heavy (non-hydrogen) atoms. The Morgan fingerprint density at radius 2 is 2.04 bits per heavy atom. The van der Waals surface area contributed by atoms with Gasteiger partial charge in [0.1, 0.15) is 17.8 Å². The SMILES string of the molecule is COc1cccc2sc(NC(=O)Cn3c(=O)[nH]c(=O)c4ccccc43)nc12. The number of ether oxygens (including phenoxy) is 1. The number of hydrogen-bond acceptors (Lipinski definition) is 6. The van der Waals surface area contributed by atoms with Crippen LogP contribution < -0.4 is 21.3 Å². The highest BCUT2D eigenvalue weighted by Crippen LogP contribution is 2.32. The van der Waals surface area contributed by atoms with Crippen molar-refractivity contribution in [1.29, 1.82) is 0 Å². The van der Waals surface area contributed by atoms with E-state index in [-0.39, 0.29) is 6.54 Å². The number of benzene rings is 2. The highest BCUT2D eigenvalue weighted by Gasteiger charge is 2.14. The Hall–Kier alpha value is -3.46. The number of hydrogen-bond donors (Lipinski definition) is 2. The topological polar surface area (TPSA) is 106 Å². The molecule has 0 aliphatic carbocycles. The summed E-state index contributed by atoms with van der Waals surface area (Å²) < 4.78 is 7.36. The first-order valence-electron chi connectivity index (χ1n) is 8.02. The summed E-state index contributed by atoms with van der Waals surface area (Å²) >= 11 is 1.31. The van der Waals surface area contributed by atoms with Crippen LogP contribution in [0.15, 0.2) is 52.1 Å². The van der Waals surface area contributed by atoms with Gasteiger partial charge in [-0.1, -0.05) is 29.5 Å². The van der Waals surface area contributed by atoms with Gasteiger partial charge in [-0.15, -0.1) is 0 Å². The van der Waals surface area contributed by atoms with Crippen molar-refractivity contribution in [3.63, 3.8) is 0 Å². The molecular formula is C18H14N4O4S. The van der Waals surface area contributed by atoms with Gasteiger partial charge in [0, 0.05) is 0 Å². The van der Waals surface area contributed by atoms with E-state index >= 15 is 0 Å². The number of carbonyl (C=O) groups is 1. The van der Waals surface area contributed by atoms with Gasteiger partial charge in [-0.25, -0.2) is 9.78 Å². The highest BCUT2D eigenvalue weighted by atomic mass is 32.1. The average Bonchev–Trinajstić information content (AvgIpc) is 3.07. The maximum absolute atomic E-state index is 12.5. The van der Waals surface area contributed by atoms with E-state index in [0.29, 0.717) is 27.3 Å². The van der Waals surface area contributed by atoms with Gasteiger partial charge in [-0.05, 0) is 24.3 Å². The minimum Gasteiger partial charge on any atom is -0.494 e. The summed E-state index contributed by atoms with van der Waals surface area (Å²) in [5, 5.41) is 3.45. The van der Waals surface area contributed by atoms with Crippen molar-refractivity contribution in [3.8, 4) is 5.75 Å². The normalized spacial score (nSPS) is 11.0. The molecule has 9 heteroatoms. The molecular weight excluding hydrogens is 368 g/mol. The van der Waals surface area contributed by atoms with E-state index in [0.717, 1.165) is 4.70 Å². The second-order valence-electron chi connectivity index (χ2n) is 5.74.